The number of aryl methyl sites for hydroxylation is 3. The zero-order valence-corrected chi connectivity index (χ0v) is 21.8. The summed E-state index contributed by atoms with van der Waals surface area (Å²) in [7, 11) is 0. The maximum absolute atomic E-state index is 13.0. The maximum atomic E-state index is 13.0. The van der Waals surface area contributed by atoms with Crippen LogP contribution in [-0.2, 0) is 11.3 Å². The molecule has 1 amide bonds. The minimum absolute atomic E-state index is 0.109. The number of rotatable bonds is 7. The number of benzene rings is 2. The molecule has 0 radical (unpaired) electrons. The number of ether oxygens (including phenoxy) is 1. The minimum Gasteiger partial charge on any atom is -0.478 e. The number of aromatic nitrogens is 1. The second-order valence-corrected chi connectivity index (χ2v) is 9.80. The molecule has 0 bridgehead atoms. The number of aromatic carboxylic acids is 1. The van der Waals surface area contributed by atoms with Gasteiger partial charge in [0, 0.05) is 24.0 Å². The lowest BCUT2D eigenvalue weighted by molar-refractivity contribution is 0.0250. The quantitative estimate of drug-likeness (QED) is 0.317. The molecule has 2 N–H and O–H groups in total. The Hall–Kier alpha value is -4.17. The van der Waals surface area contributed by atoms with Gasteiger partial charge in [0.25, 0.3) is 5.91 Å². The topological polar surface area (TPSA) is 105 Å². The van der Waals surface area contributed by atoms with E-state index in [1.165, 1.54) is 0 Å². The highest BCUT2D eigenvalue weighted by atomic mass is 16.5. The van der Waals surface area contributed by atoms with Crippen molar-refractivity contribution in [3.8, 4) is 0 Å². The predicted octanol–water partition coefficient (Wildman–Crippen LogP) is 5.89. The first-order valence-corrected chi connectivity index (χ1v) is 12.8. The van der Waals surface area contributed by atoms with E-state index in [4.69, 9.17) is 14.3 Å². The van der Waals surface area contributed by atoms with Crippen molar-refractivity contribution in [1.29, 1.82) is 0 Å². The van der Waals surface area contributed by atoms with Gasteiger partial charge in [0.05, 0.1) is 30.2 Å². The number of furan rings is 1. The van der Waals surface area contributed by atoms with Crippen LogP contribution in [0, 0.1) is 20.8 Å². The molecule has 196 valence electrons. The number of fused-ring (bicyclic) bond motifs is 1. The van der Waals surface area contributed by atoms with Crippen molar-refractivity contribution in [3.05, 3.63) is 88.3 Å². The first kappa shape index (κ1) is 25.5. The summed E-state index contributed by atoms with van der Waals surface area (Å²) >= 11 is 0. The zero-order valence-electron chi connectivity index (χ0n) is 21.8. The fraction of sp³-hybridized carbons (Fsp3) is 0.300. The van der Waals surface area contributed by atoms with E-state index in [1.54, 1.807) is 24.4 Å². The van der Waals surface area contributed by atoms with Crippen molar-refractivity contribution in [2.24, 2.45) is 0 Å². The van der Waals surface area contributed by atoms with Gasteiger partial charge in [-0.1, -0.05) is 24.3 Å². The van der Waals surface area contributed by atoms with Gasteiger partial charge in [-0.15, -0.1) is 0 Å². The Bertz CT molecular complexity index is 1480. The standard InChI is InChI=1S/C30H31N3O5/c1-18-7-9-25-20(3)28(38-27(25)19(18)2)29(34)32-23-8-10-26(31-16-23)33-13-11-24(12-14-33)37-17-21-5-4-6-22(15-21)30(35)36/h4-10,15-16,24H,11-14,17H2,1-3H3,(H,32,34)(H,35,36). The molecule has 0 unspecified atom stereocenters. The van der Waals surface area contributed by atoms with Crippen molar-refractivity contribution in [3.63, 3.8) is 0 Å². The Kier molecular flexibility index (Phi) is 7.15. The zero-order chi connectivity index (χ0) is 26.8. The fourth-order valence-electron chi connectivity index (χ4n) is 4.83. The summed E-state index contributed by atoms with van der Waals surface area (Å²) in [6, 6.07) is 14.6. The molecule has 1 saturated heterocycles. The number of carboxylic acid groups (broad SMARTS) is 1. The average Bonchev–Trinajstić information content (AvgIpc) is 3.27. The van der Waals surface area contributed by atoms with E-state index in [2.05, 4.69) is 15.2 Å². The van der Waals surface area contributed by atoms with Crippen LogP contribution in [0.15, 0.2) is 59.1 Å². The third-order valence-electron chi connectivity index (χ3n) is 7.26. The summed E-state index contributed by atoms with van der Waals surface area (Å²) in [6.07, 6.45) is 3.47. The van der Waals surface area contributed by atoms with Gasteiger partial charge in [0.15, 0.2) is 5.76 Å². The first-order chi connectivity index (χ1) is 18.3. The fourth-order valence-corrected chi connectivity index (χ4v) is 4.83. The monoisotopic (exact) mass is 513 g/mol. The number of pyridine rings is 1. The Morgan fingerprint density at radius 3 is 2.58 bits per heavy atom. The Morgan fingerprint density at radius 2 is 1.87 bits per heavy atom. The van der Waals surface area contributed by atoms with Crippen molar-refractivity contribution in [2.75, 3.05) is 23.3 Å². The summed E-state index contributed by atoms with van der Waals surface area (Å²) < 4.78 is 12.0. The van der Waals surface area contributed by atoms with Crippen LogP contribution in [0.1, 0.15) is 56.0 Å². The smallest absolute Gasteiger partial charge is 0.335 e. The normalized spacial score (nSPS) is 14.1. The summed E-state index contributed by atoms with van der Waals surface area (Å²) in [5, 5.41) is 13.0. The lowest BCUT2D eigenvalue weighted by Crippen LogP contribution is -2.37. The number of carbonyl (C=O) groups excluding carboxylic acids is 1. The van der Waals surface area contributed by atoms with Gasteiger partial charge in [-0.25, -0.2) is 9.78 Å². The third-order valence-corrected chi connectivity index (χ3v) is 7.26. The van der Waals surface area contributed by atoms with Crippen LogP contribution in [0.5, 0.6) is 0 Å². The molecule has 1 aliphatic heterocycles. The predicted molar refractivity (Wildman–Crippen MR) is 146 cm³/mol. The minimum atomic E-state index is -0.937. The largest absolute Gasteiger partial charge is 0.478 e. The van der Waals surface area contributed by atoms with E-state index in [0.717, 1.165) is 65.0 Å². The molecule has 1 fully saturated rings. The summed E-state index contributed by atoms with van der Waals surface area (Å²) in [4.78, 5) is 30.9. The molecule has 0 saturated carbocycles. The first-order valence-electron chi connectivity index (χ1n) is 12.8. The molecule has 3 heterocycles. The molecule has 2 aromatic heterocycles. The van der Waals surface area contributed by atoms with E-state index < -0.39 is 5.97 Å². The molecular weight excluding hydrogens is 482 g/mol. The van der Waals surface area contributed by atoms with Crippen LogP contribution in [0.2, 0.25) is 0 Å². The number of anilines is 2. The third kappa shape index (κ3) is 5.26. The van der Waals surface area contributed by atoms with E-state index >= 15 is 0 Å². The second-order valence-electron chi connectivity index (χ2n) is 9.80. The molecule has 2 aromatic carbocycles. The van der Waals surface area contributed by atoms with Crippen molar-refractivity contribution in [1.82, 2.24) is 4.98 Å². The van der Waals surface area contributed by atoms with Gasteiger partial charge in [0.1, 0.15) is 11.4 Å². The number of nitrogens with one attached hydrogen (secondary N) is 1. The van der Waals surface area contributed by atoms with E-state index in [1.807, 2.05) is 51.1 Å². The van der Waals surface area contributed by atoms with Crippen LogP contribution in [0.25, 0.3) is 11.0 Å². The van der Waals surface area contributed by atoms with Gasteiger partial charge >= 0.3 is 5.97 Å². The van der Waals surface area contributed by atoms with Crippen molar-refractivity contribution in [2.45, 2.75) is 46.3 Å². The molecule has 4 aromatic rings. The molecule has 8 nitrogen and oxygen atoms in total. The van der Waals surface area contributed by atoms with Gasteiger partial charge in [-0.05, 0) is 74.6 Å². The molecular formula is C30H31N3O5. The summed E-state index contributed by atoms with van der Waals surface area (Å²) in [6.45, 7) is 7.92. The Labute approximate surface area is 221 Å². The number of carbonyl (C=O) groups is 2. The lowest BCUT2D eigenvalue weighted by atomic mass is 10.0. The van der Waals surface area contributed by atoms with Crippen molar-refractivity contribution >= 4 is 34.4 Å². The van der Waals surface area contributed by atoms with Crippen LogP contribution >= 0.6 is 0 Å². The van der Waals surface area contributed by atoms with Gasteiger partial charge in [-0.3, -0.25) is 4.79 Å². The van der Waals surface area contributed by atoms with E-state index in [-0.39, 0.29) is 17.6 Å². The van der Waals surface area contributed by atoms with Gasteiger partial charge in [0.2, 0.25) is 0 Å². The van der Waals surface area contributed by atoms with Gasteiger partial charge in [-0.2, -0.15) is 0 Å². The van der Waals surface area contributed by atoms with Gasteiger partial charge < -0.3 is 24.5 Å². The SMILES string of the molecule is Cc1ccc2c(C)c(C(=O)Nc3ccc(N4CCC(OCc5cccc(C(=O)O)c5)CC4)nc3)oc2c1C. The number of nitrogens with zero attached hydrogens (tertiary/aromatic N) is 2. The molecule has 8 heteroatoms. The summed E-state index contributed by atoms with van der Waals surface area (Å²) in [5.74, 6) is -0.0682. The Balaban J connectivity index is 1.15. The number of carboxylic acids is 1. The lowest BCUT2D eigenvalue weighted by Gasteiger charge is -2.32. The van der Waals surface area contributed by atoms with E-state index in [0.29, 0.717) is 18.1 Å². The molecule has 1 aliphatic rings. The van der Waals surface area contributed by atoms with Crippen LogP contribution in [0.3, 0.4) is 0 Å². The molecule has 0 aliphatic carbocycles. The number of hydrogen-bond acceptors (Lipinski definition) is 6. The molecule has 5 rings (SSSR count). The highest BCUT2D eigenvalue weighted by Crippen LogP contribution is 2.30. The number of hydrogen-bond donors (Lipinski definition) is 2. The summed E-state index contributed by atoms with van der Waals surface area (Å²) in [5.41, 5.74) is 5.47. The highest BCUT2D eigenvalue weighted by molar-refractivity contribution is 6.06. The Morgan fingerprint density at radius 1 is 1.08 bits per heavy atom. The van der Waals surface area contributed by atoms with Crippen LogP contribution in [0.4, 0.5) is 11.5 Å². The molecule has 0 atom stereocenters. The second kappa shape index (κ2) is 10.7. The molecule has 0 spiro atoms. The average molecular weight is 514 g/mol. The maximum Gasteiger partial charge on any atom is 0.335 e. The molecule has 38 heavy (non-hydrogen) atoms. The highest BCUT2D eigenvalue weighted by Gasteiger charge is 2.22. The number of amides is 1. The number of piperidine rings is 1. The van der Waals surface area contributed by atoms with Crippen LogP contribution < -0.4 is 10.2 Å². The van der Waals surface area contributed by atoms with E-state index in [9.17, 15) is 9.59 Å². The van der Waals surface area contributed by atoms with Crippen LogP contribution in [-0.4, -0.2) is 41.2 Å². The van der Waals surface area contributed by atoms with Crippen molar-refractivity contribution < 1.29 is 23.8 Å².